The zero-order chi connectivity index (χ0) is 16.9. The number of hydrogen-bond donors (Lipinski definition) is 2. The van der Waals surface area contributed by atoms with Gasteiger partial charge in [-0.15, -0.1) is 0 Å². The van der Waals surface area contributed by atoms with Crippen LogP contribution in [-0.2, 0) is 6.54 Å². The Morgan fingerprint density at radius 3 is 2.57 bits per heavy atom. The van der Waals surface area contributed by atoms with Crippen LogP contribution >= 0.6 is 0 Å². The van der Waals surface area contributed by atoms with Gasteiger partial charge in [0.15, 0.2) is 0 Å². The van der Waals surface area contributed by atoms with Crippen molar-refractivity contribution >= 4 is 11.7 Å². The monoisotopic (exact) mass is 313 g/mol. The summed E-state index contributed by atoms with van der Waals surface area (Å²) in [4.78, 5) is 18.3. The van der Waals surface area contributed by atoms with Crippen LogP contribution in [0, 0.1) is 6.92 Å². The molecule has 2 amide bonds. The summed E-state index contributed by atoms with van der Waals surface area (Å²) in [6, 6.07) is 11.2. The summed E-state index contributed by atoms with van der Waals surface area (Å²) in [5.74, 6) is 0. The molecule has 0 aliphatic carbocycles. The first kappa shape index (κ1) is 17.0. The van der Waals surface area contributed by atoms with Crippen molar-refractivity contribution in [2.45, 2.75) is 32.9 Å². The van der Waals surface area contributed by atoms with Gasteiger partial charge in [0.2, 0.25) is 0 Å². The SMILES string of the molecule is Cc1cnccc1NC(=O)N(Cc1ccccc1)CC(C)(C)O. The molecule has 2 N–H and O–H groups in total. The van der Waals surface area contributed by atoms with Gasteiger partial charge in [-0.2, -0.15) is 0 Å². The van der Waals surface area contributed by atoms with Crippen LogP contribution in [0.1, 0.15) is 25.0 Å². The number of amides is 2. The van der Waals surface area contributed by atoms with E-state index in [-0.39, 0.29) is 12.6 Å². The van der Waals surface area contributed by atoms with Crippen LogP contribution in [0.4, 0.5) is 10.5 Å². The Morgan fingerprint density at radius 2 is 1.96 bits per heavy atom. The lowest BCUT2D eigenvalue weighted by atomic mass is 10.1. The second kappa shape index (κ2) is 7.24. The summed E-state index contributed by atoms with van der Waals surface area (Å²) in [7, 11) is 0. The largest absolute Gasteiger partial charge is 0.389 e. The summed E-state index contributed by atoms with van der Waals surface area (Å²) >= 11 is 0. The first-order chi connectivity index (χ1) is 10.8. The molecule has 0 aliphatic rings. The molecule has 122 valence electrons. The number of carbonyl (C=O) groups is 1. The van der Waals surface area contributed by atoms with Gasteiger partial charge in [-0.3, -0.25) is 4.98 Å². The van der Waals surface area contributed by atoms with Crippen LogP contribution in [0.25, 0.3) is 0 Å². The molecule has 0 radical (unpaired) electrons. The zero-order valence-corrected chi connectivity index (χ0v) is 13.8. The quantitative estimate of drug-likeness (QED) is 0.891. The van der Waals surface area contributed by atoms with Crippen LogP contribution in [0.15, 0.2) is 48.8 Å². The molecule has 0 saturated heterocycles. The van der Waals surface area contributed by atoms with Crippen molar-refractivity contribution in [2.24, 2.45) is 0 Å². The van der Waals surface area contributed by atoms with Gasteiger partial charge in [-0.25, -0.2) is 4.79 Å². The predicted octanol–water partition coefficient (Wildman–Crippen LogP) is 3.20. The Bertz CT molecular complexity index is 651. The molecule has 23 heavy (non-hydrogen) atoms. The molecular formula is C18H23N3O2. The molecule has 5 heteroatoms. The fourth-order valence-corrected chi connectivity index (χ4v) is 2.28. The number of carbonyl (C=O) groups excluding carboxylic acids is 1. The number of pyridine rings is 1. The van der Waals surface area contributed by atoms with Gasteiger partial charge in [-0.05, 0) is 38.0 Å². The summed E-state index contributed by atoms with van der Waals surface area (Å²) < 4.78 is 0. The van der Waals surface area contributed by atoms with Gasteiger partial charge >= 0.3 is 6.03 Å². The van der Waals surface area contributed by atoms with E-state index in [9.17, 15) is 9.90 Å². The van der Waals surface area contributed by atoms with Crippen molar-refractivity contribution in [3.8, 4) is 0 Å². The third-order valence-corrected chi connectivity index (χ3v) is 3.34. The number of hydrogen-bond acceptors (Lipinski definition) is 3. The number of aromatic nitrogens is 1. The van der Waals surface area contributed by atoms with Crippen molar-refractivity contribution in [3.63, 3.8) is 0 Å². The second-order valence-corrected chi connectivity index (χ2v) is 6.27. The van der Waals surface area contributed by atoms with Crippen molar-refractivity contribution in [3.05, 3.63) is 59.9 Å². The Hall–Kier alpha value is -2.40. The first-order valence-corrected chi connectivity index (χ1v) is 7.58. The van der Waals surface area contributed by atoms with E-state index in [4.69, 9.17) is 0 Å². The van der Waals surface area contributed by atoms with E-state index in [0.29, 0.717) is 6.54 Å². The van der Waals surface area contributed by atoms with E-state index in [1.165, 1.54) is 0 Å². The van der Waals surface area contributed by atoms with Gasteiger partial charge in [0.1, 0.15) is 0 Å². The Balaban J connectivity index is 2.15. The molecule has 0 spiro atoms. The third-order valence-electron chi connectivity index (χ3n) is 3.34. The predicted molar refractivity (Wildman–Crippen MR) is 91.1 cm³/mol. The first-order valence-electron chi connectivity index (χ1n) is 7.58. The van der Waals surface area contributed by atoms with E-state index >= 15 is 0 Å². The molecule has 1 aromatic heterocycles. The number of urea groups is 1. The smallest absolute Gasteiger partial charge is 0.322 e. The van der Waals surface area contributed by atoms with E-state index < -0.39 is 5.60 Å². The zero-order valence-electron chi connectivity index (χ0n) is 13.8. The maximum Gasteiger partial charge on any atom is 0.322 e. The normalized spacial score (nSPS) is 11.1. The fourth-order valence-electron chi connectivity index (χ4n) is 2.28. The van der Waals surface area contributed by atoms with Crippen LogP contribution < -0.4 is 5.32 Å². The van der Waals surface area contributed by atoms with Gasteiger partial charge in [0.05, 0.1) is 12.1 Å². The molecule has 0 unspecified atom stereocenters. The maximum absolute atomic E-state index is 12.6. The van der Waals surface area contributed by atoms with Crippen molar-refractivity contribution in [1.29, 1.82) is 0 Å². The number of anilines is 1. The number of aryl methyl sites for hydroxylation is 1. The van der Waals surface area contributed by atoms with E-state index in [1.54, 1.807) is 37.2 Å². The molecule has 2 rings (SSSR count). The van der Waals surface area contributed by atoms with Gasteiger partial charge in [0, 0.05) is 24.6 Å². The molecule has 0 fully saturated rings. The van der Waals surface area contributed by atoms with Gasteiger partial charge in [0.25, 0.3) is 0 Å². The summed E-state index contributed by atoms with van der Waals surface area (Å²) in [5.41, 5.74) is 1.65. The highest BCUT2D eigenvalue weighted by molar-refractivity contribution is 5.90. The molecule has 1 heterocycles. The second-order valence-electron chi connectivity index (χ2n) is 6.27. The third kappa shape index (κ3) is 5.38. The number of nitrogens with zero attached hydrogens (tertiary/aromatic N) is 2. The average Bonchev–Trinajstić information content (AvgIpc) is 2.48. The van der Waals surface area contributed by atoms with E-state index in [1.807, 2.05) is 37.3 Å². The van der Waals surface area contributed by atoms with Gasteiger partial charge < -0.3 is 15.3 Å². The fraction of sp³-hybridized carbons (Fsp3) is 0.333. The minimum atomic E-state index is -0.973. The number of nitrogens with one attached hydrogen (secondary N) is 1. The molecule has 2 aromatic rings. The Kier molecular flexibility index (Phi) is 5.34. The van der Waals surface area contributed by atoms with Crippen LogP contribution in [0.5, 0.6) is 0 Å². The Labute approximate surface area is 137 Å². The number of rotatable bonds is 5. The minimum absolute atomic E-state index is 0.234. The maximum atomic E-state index is 12.6. The molecule has 0 atom stereocenters. The lowest BCUT2D eigenvalue weighted by Gasteiger charge is -2.29. The highest BCUT2D eigenvalue weighted by Gasteiger charge is 2.23. The topological polar surface area (TPSA) is 65.5 Å². The standard InChI is InChI=1S/C18H23N3O2/c1-14-11-19-10-9-16(14)20-17(22)21(13-18(2,3)23)12-15-7-5-4-6-8-15/h4-11,23H,12-13H2,1-3H3,(H,19,20,22). The summed E-state index contributed by atoms with van der Waals surface area (Å²) in [6.07, 6.45) is 3.34. The molecule has 0 bridgehead atoms. The van der Waals surface area contributed by atoms with Crippen molar-refractivity contribution in [2.75, 3.05) is 11.9 Å². The van der Waals surface area contributed by atoms with Crippen LogP contribution in [0.3, 0.4) is 0 Å². The van der Waals surface area contributed by atoms with Gasteiger partial charge in [-0.1, -0.05) is 30.3 Å². The van der Waals surface area contributed by atoms with E-state index in [0.717, 1.165) is 16.8 Å². The molecule has 0 aliphatic heterocycles. The number of benzene rings is 1. The highest BCUT2D eigenvalue weighted by atomic mass is 16.3. The molecule has 0 saturated carbocycles. The summed E-state index contributed by atoms with van der Waals surface area (Å²) in [5, 5.41) is 13.0. The average molecular weight is 313 g/mol. The molecule has 5 nitrogen and oxygen atoms in total. The van der Waals surface area contributed by atoms with Crippen molar-refractivity contribution < 1.29 is 9.90 Å². The number of aliphatic hydroxyl groups is 1. The lowest BCUT2D eigenvalue weighted by Crippen LogP contribution is -2.43. The Morgan fingerprint density at radius 1 is 1.26 bits per heavy atom. The van der Waals surface area contributed by atoms with Crippen molar-refractivity contribution in [1.82, 2.24) is 9.88 Å². The molecule has 1 aromatic carbocycles. The molecular weight excluding hydrogens is 290 g/mol. The highest BCUT2D eigenvalue weighted by Crippen LogP contribution is 2.15. The van der Waals surface area contributed by atoms with Crippen LogP contribution in [-0.4, -0.2) is 33.2 Å². The van der Waals surface area contributed by atoms with Crippen LogP contribution in [0.2, 0.25) is 0 Å². The summed E-state index contributed by atoms with van der Waals surface area (Å²) in [6.45, 7) is 5.94. The lowest BCUT2D eigenvalue weighted by molar-refractivity contribution is 0.0469. The van der Waals surface area contributed by atoms with E-state index in [2.05, 4.69) is 10.3 Å². The minimum Gasteiger partial charge on any atom is -0.389 e.